The number of carbonyl (C=O) groups excluding carboxylic acids is 1. The highest BCUT2D eigenvalue weighted by molar-refractivity contribution is 5.85. The van der Waals surface area contributed by atoms with Crippen LogP contribution in [0.1, 0.15) is 17.9 Å². The highest BCUT2D eigenvalue weighted by Crippen LogP contribution is 2.30. The van der Waals surface area contributed by atoms with Gasteiger partial charge in [0.25, 0.3) is 0 Å². The van der Waals surface area contributed by atoms with Crippen molar-refractivity contribution in [1.29, 1.82) is 0 Å². The van der Waals surface area contributed by atoms with Gasteiger partial charge in [-0.05, 0) is 24.1 Å². The van der Waals surface area contributed by atoms with Crippen LogP contribution < -0.4 is 10.6 Å². The maximum atomic E-state index is 13.1. The van der Waals surface area contributed by atoms with Crippen molar-refractivity contribution in [2.24, 2.45) is 13.0 Å². The first-order chi connectivity index (χ1) is 12.2. The monoisotopic (exact) mass is 411 g/mol. The number of rotatable bonds is 4. The second-order valence-electron chi connectivity index (χ2n) is 7.10. The molecule has 2 fully saturated rings. The maximum Gasteiger partial charge on any atom is 0.227 e. The SMILES string of the molecule is Cl.Cl.Cn1cc([C@H]2CNC[C@@H]2C(=O)N2CCC(Nc3ccccc3)C2)cn1. The third-order valence-corrected chi connectivity index (χ3v) is 5.33. The van der Waals surface area contributed by atoms with E-state index >= 15 is 0 Å². The number of aryl methyl sites for hydroxylation is 1. The van der Waals surface area contributed by atoms with Crippen molar-refractivity contribution >= 4 is 36.4 Å². The fourth-order valence-electron chi connectivity index (χ4n) is 4.00. The number of benzene rings is 1. The number of para-hydroxylation sites is 1. The molecule has 2 saturated heterocycles. The van der Waals surface area contributed by atoms with Gasteiger partial charge in [-0.25, -0.2) is 0 Å². The number of aromatic nitrogens is 2. The standard InChI is InChI=1S/C19H25N5O.2ClH/c1-23-12-14(9-21-23)17-10-20-11-18(17)19(25)24-8-7-16(13-24)22-15-5-3-2-4-6-15;;/h2-6,9,12,16-18,20,22H,7-8,10-11,13H2,1H3;2*1H/t16?,17-,18+;;/m1../s1. The number of carbonyl (C=O) groups is 1. The van der Waals surface area contributed by atoms with Crippen LogP contribution in [0, 0.1) is 5.92 Å². The molecule has 2 aliphatic rings. The van der Waals surface area contributed by atoms with E-state index < -0.39 is 0 Å². The first-order valence-electron chi connectivity index (χ1n) is 9.00. The van der Waals surface area contributed by atoms with Crippen molar-refractivity contribution in [2.75, 3.05) is 31.5 Å². The van der Waals surface area contributed by atoms with E-state index in [1.807, 2.05) is 47.2 Å². The Balaban J connectivity index is 0.00000131. The molecule has 2 aromatic rings. The second-order valence-corrected chi connectivity index (χ2v) is 7.10. The van der Waals surface area contributed by atoms with Crippen LogP contribution in [0.15, 0.2) is 42.7 Å². The largest absolute Gasteiger partial charge is 0.380 e. The number of hydrogen-bond acceptors (Lipinski definition) is 4. The minimum atomic E-state index is 0. The normalized spacial score (nSPS) is 24.2. The predicted molar refractivity (Wildman–Crippen MR) is 112 cm³/mol. The van der Waals surface area contributed by atoms with Gasteiger partial charge in [0, 0.05) is 57.1 Å². The fraction of sp³-hybridized carbons (Fsp3) is 0.474. The Labute approximate surface area is 172 Å². The minimum Gasteiger partial charge on any atom is -0.380 e. The lowest BCUT2D eigenvalue weighted by Gasteiger charge is -2.24. The molecule has 27 heavy (non-hydrogen) atoms. The van der Waals surface area contributed by atoms with Gasteiger partial charge in [-0.1, -0.05) is 18.2 Å². The predicted octanol–water partition coefficient (Wildman–Crippen LogP) is 2.28. The summed E-state index contributed by atoms with van der Waals surface area (Å²) in [6.07, 6.45) is 4.92. The lowest BCUT2D eigenvalue weighted by molar-refractivity contribution is -0.134. The van der Waals surface area contributed by atoms with Gasteiger partial charge in [-0.2, -0.15) is 5.10 Å². The lowest BCUT2D eigenvalue weighted by Crippen LogP contribution is -2.38. The number of amides is 1. The summed E-state index contributed by atoms with van der Waals surface area (Å²) in [4.78, 5) is 15.1. The van der Waals surface area contributed by atoms with Gasteiger partial charge >= 0.3 is 0 Å². The average Bonchev–Trinajstić information content (AvgIpc) is 3.35. The van der Waals surface area contributed by atoms with Gasteiger partial charge in [0.1, 0.15) is 0 Å². The van der Waals surface area contributed by atoms with Crippen LogP contribution in [0.2, 0.25) is 0 Å². The van der Waals surface area contributed by atoms with E-state index in [9.17, 15) is 4.79 Å². The average molecular weight is 412 g/mol. The summed E-state index contributed by atoms with van der Waals surface area (Å²) >= 11 is 0. The molecule has 1 aromatic carbocycles. The van der Waals surface area contributed by atoms with Crippen molar-refractivity contribution in [3.63, 3.8) is 0 Å². The molecule has 3 heterocycles. The van der Waals surface area contributed by atoms with E-state index in [1.54, 1.807) is 0 Å². The van der Waals surface area contributed by atoms with Crippen LogP contribution in [0.5, 0.6) is 0 Å². The molecule has 8 heteroatoms. The Hall–Kier alpha value is -1.76. The van der Waals surface area contributed by atoms with Crippen LogP contribution in [0.25, 0.3) is 0 Å². The van der Waals surface area contributed by atoms with Gasteiger partial charge in [0.15, 0.2) is 0 Å². The molecule has 4 rings (SSSR count). The topological polar surface area (TPSA) is 62.2 Å². The van der Waals surface area contributed by atoms with Crippen molar-refractivity contribution in [1.82, 2.24) is 20.0 Å². The molecule has 0 saturated carbocycles. The zero-order valence-corrected chi connectivity index (χ0v) is 17.0. The Morgan fingerprint density at radius 2 is 2.00 bits per heavy atom. The van der Waals surface area contributed by atoms with Crippen molar-refractivity contribution in [2.45, 2.75) is 18.4 Å². The molecule has 1 amide bonds. The van der Waals surface area contributed by atoms with E-state index in [2.05, 4.69) is 27.9 Å². The molecule has 0 aliphatic carbocycles. The molecule has 0 bridgehead atoms. The highest BCUT2D eigenvalue weighted by Gasteiger charge is 2.39. The smallest absolute Gasteiger partial charge is 0.227 e. The van der Waals surface area contributed by atoms with Crippen LogP contribution in [0.4, 0.5) is 5.69 Å². The molecular formula is C19H27Cl2N5O. The fourth-order valence-corrected chi connectivity index (χ4v) is 4.00. The van der Waals surface area contributed by atoms with Gasteiger partial charge in [-0.15, -0.1) is 24.8 Å². The third-order valence-electron chi connectivity index (χ3n) is 5.33. The quantitative estimate of drug-likeness (QED) is 0.809. The van der Waals surface area contributed by atoms with E-state index in [-0.39, 0.29) is 42.6 Å². The Morgan fingerprint density at radius 3 is 2.70 bits per heavy atom. The van der Waals surface area contributed by atoms with Crippen molar-refractivity contribution < 1.29 is 4.79 Å². The lowest BCUT2D eigenvalue weighted by atomic mass is 9.90. The molecule has 2 aliphatic heterocycles. The molecule has 6 nitrogen and oxygen atoms in total. The summed E-state index contributed by atoms with van der Waals surface area (Å²) in [6.45, 7) is 3.22. The zero-order chi connectivity index (χ0) is 17.2. The Morgan fingerprint density at radius 1 is 1.22 bits per heavy atom. The number of anilines is 1. The van der Waals surface area contributed by atoms with Crippen LogP contribution >= 0.6 is 24.8 Å². The van der Waals surface area contributed by atoms with Crippen LogP contribution in [-0.2, 0) is 11.8 Å². The van der Waals surface area contributed by atoms with Crippen molar-refractivity contribution in [3.05, 3.63) is 48.3 Å². The highest BCUT2D eigenvalue weighted by atomic mass is 35.5. The summed E-state index contributed by atoms with van der Waals surface area (Å²) < 4.78 is 1.81. The van der Waals surface area contributed by atoms with Gasteiger partial charge in [0.05, 0.1) is 12.1 Å². The number of likely N-dealkylation sites (tertiary alicyclic amines) is 1. The van der Waals surface area contributed by atoms with Gasteiger partial charge < -0.3 is 15.5 Å². The van der Waals surface area contributed by atoms with Gasteiger partial charge in [0.2, 0.25) is 5.91 Å². The molecule has 1 unspecified atom stereocenters. The first kappa shape index (κ1) is 21.5. The number of nitrogens with zero attached hydrogens (tertiary/aromatic N) is 3. The van der Waals surface area contributed by atoms with E-state index in [1.165, 1.54) is 0 Å². The summed E-state index contributed by atoms with van der Waals surface area (Å²) in [6, 6.07) is 10.6. The number of halogens is 2. The summed E-state index contributed by atoms with van der Waals surface area (Å²) in [7, 11) is 1.92. The summed E-state index contributed by atoms with van der Waals surface area (Å²) in [5, 5.41) is 11.2. The van der Waals surface area contributed by atoms with E-state index in [0.717, 1.165) is 43.9 Å². The second kappa shape index (κ2) is 9.44. The Bertz CT molecular complexity index is 739. The molecular weight excluding hydrogens is 385 g/mol. The minimum absolute atomic E-state index is 0. The summed E-state index contributed by atoms with van der Waals surface area (Å²) in [5.74, 6) is 0.512. The van der Waals surface area contributed by atoms with Crippen LogP contribution in [0.3, 0.4) is 0 Å². The van der Waals surface area contributed by atoms with Gasteiger partial charge in [-0.3, -0.25) is 9.48 Å². The van der Waals surface area contributed by atoms with E-state index in [4.69, 9.17) is 0 Å². The van der Waals surface area contributed by atoms with Crippen molar-refractivity contribution in [3.8, 4) is 0 Å². The summed E-state index contributed by atoms with van der Waals surface area (Å²) in [5.41, 5.74) is 2.28. The third kappa shape index (κ3) is 4.75. The zero-order valence-electron chi connectivity index (χ0n) is 15.4. The number of nitrogens with one attached hydrogen (secondary N) is 2. The first-order valence-corrected chi connectivity index (χ1v) is 9.00. The molecule has 2 N–H and O–H groups in total. The maximum absolute atomic E-state index is 13.1. The molecule has 148 valence electrons. The Kier molecular flexibility index (Phi) is 7.53. The van der Waals surface area contributed by atoms with Crippen LogP contribution in [-0.4, -0.2) is 52.8 Å². The molecule has 1 aromatic heterocycles. The number of hydrogen-bond donors (Lipinski definition) is 2. The van der Waals surface area contributed by atoms with E-state index in [0.29, 0.717) is 6.04 Å². The molecule has 3 atom stereocenters. The molecule has 0 radical (unpaired) electrons. The molecule has 0 spiro atoms.